The highest BCUT2D eigenvalue weighted by Gasteiger charge is 2.13. The maximum absolute atomic E-state index is 6.14. The number of aromatic amines is 1. The fraction of sp³-hybridized carbons (Fsp3) is 0.222. The lowest BCUT2D eigenvalue weighted by Crippen LogP contribution is -1.95. The number of hydrogen-bond donors (Lipinski definition) is 1. The zero-order valence-corrected chi connectivity index (χ0v) is 9.55. The molecule has 0 aromatic carbocycles. The van der Waals surface area contributed by atoms with Gasteiger partial charge >= 0.3 is 0 Å². The van der Waals surface area contributed by atoms with Gasteiger partial charge in [-0.1, -0.05) is 0 Å². The van der Waals surface area contributed by atoms with E-state index in [1.807, 2.05) is 12.1 Å². The van der Waals surface area contributed by atoms with Gasteiger partial charge in [0.15, 0.2) is 4.67 Å². The first-order valence-electron chi connectivity index (χ1n) is 4.13. The molecule has 2 aromatic heterocycles. The van der Waals surface area contributed by atoms with E-state index in [0.29, 0.717) is 11.1 Å². The van der Waals surface area contributed by atoms with E-state index in [9.17, 15) is 0 Å². The molecule has 2 rings (SSSR count). The summed E-state index contributed by atoms with van der Waals surface area (Å²) in [6, 6.07) is 3.68. The lowest BCUT2D eigenvalue weighted by atomic mass is 10.2. The molecule has 3 nitrogen and oxygen atoms in total. The van der Waals surface area contributed by atoms with Crippen molar-refractivity contribution >= 4 is 27.5 Å². The van der Waals surface area contributed by atoms with E-state index in [0.717, 1.165) is 11.6 Å². The zero-order valence-electron chi connectivity index (χ0n) is 7.21. The molecule has 1 unspecified atom stereocenters. The van der Waals surface area contributed by atoms with Crippen molar-refractivity contribution in [1.82, 2.24) is 9.97 Å². The Morgan fingerprint density at radius 2 is 2.43 bits per heavy atom. The van der Waals surface area contributed by atoms with Gasteiger partial charge < -0.3 is 9.40 Å². The molecule has 0 fully saturated rings. The summed E-state index contributed by atoms with van der Waals surface area (Å²) >= 11 is 9.37. The second-order valence-corrected chi connectivity index (χ2v) is 4.16. The van der Waals surface area contributed by atoms with Crippen LogP contribution in [0, 0.1) is 0 Å². The average molecular weight is 276 g/mol. The molecule has 5 heteroatoms. The molecule has 0 aliphatic heterocycles. The number of aromatic nitrogens is 2. The van der Waals surface area contributed by atoms with Crippen LogP contribution in [0.1, 0.15) is 17.0 Å². The van der Waals surface area contributed by atoms with Gasteiger partial charge in [-0.25, -0.2) is 4.98 Å². The van der Waals surface area contributed by atoms with E-state index < -0.39 is 0 Å². The van der Waals surface area contributed by atoms with Crippen LogP contribution in [0.2, 0.25) is 0 Å². The van der Waals surface area contributed by atoms with E-state index in [4.69, 9.17) is 16.0 Å². The first kappa shape index (κ1) is 9.80. The van der Waals surface area contributed by atoms with E-state index in [2.05, 4.69) is 25.9 Å². The zero-order chi connectivity index (χ0) is 9.97. The Balaban J connectivity index is 2.06. The normalized spacial score (nSPS) is 13.0. The molecular weight excluding hydrogens is 267 g/mol. The quantitative estimate of drug-likeness (QED) is 0.873. The minimum absolute atomic E-state index is 0.188. The molecule has 0 radical (unpaired) electrons. The Morgan fingerprint density at radius 3 is 3.00 bits per heavy atom. The number of alkyl halides is 1. The van der Waals surface area contributed by atoms with Crippen molar-refractivity contribution < 1.29 is 4.42 Å². The van der Waals surface area contributed by atoms with Gasteiger partial charge in [0.05, 0.1) is 5.38 Å². The topological polar surface area (TPSA) is 41.8 Å². The summed E-state index contributed by atoms with van der Waals surface area (Å²) < 4.78 is 6.03. The van der Waals surface area contributed by atoms with Crippen LogP contribution in [0.5, 0.6) is 0 Å². The predicted octanol–water partition coefficient (Wildman–Crippen LogP) is 3.29. The van der Waals surface area contributed by atoms with Crippen LogP contribution in [0.3, 0.4) is 0 Å². The Labute approximate surface area is 94.6 Å². The highest BCUT2D eigenvalue weighted by molar-refractivity contribution is 9.10. The van der Waals surface area contributed by atoms with Crippen LogP contribution >= 0.6 is 27.5 Å². The monoisotopic (exact) mass is 274 g/mol. The lowest BCUT2D eigenvalue weighted by Gasteiger charge is -2.02. The van der Waals surface area contributed by atoms with Gasteiger partial charge in [0.2, 0.25) is 0 Å². The standard InChI is InChI=1S/C9H8BrClN2O/c10-8-2-1-7(14-8)6(11)5-9-12-3-4-13-9/h1-4,6H,5H2,(H,12,13). The van der Waals surface area contributed by atoms with Crippen molar-refractivity contribution in [3.05, 3.63) is 40.8 Å². The molecule has 0 saturated carbocycles. The molecule has 2 aromatic rings. The predicted molar refractivity (Wildman–Crippen MR) is 57.3 cm³/mol. The van der Waals surface area contributed by atoms with Crippen LogP contribution < -0.4 is 0 Å². The number of imidazole rings is 1. The minimum atomic E-state index is -0.188. The van der Waals surface area contributed by atoms with Gasteiger partial charge in [-0.2, -0.15) is 0 Å². The van der Waals surface area contributed by atoms with Gasteiger partial charge in [0.1, 0.15) is 11.6 Å². The maximum atomic E-state index is 6.14. The van der Waals surface area contributed by atoms with Gasteiger partial charge in [-0.3, -0.25) is 0 Å². The highest BCUT2D eigenvalue weighted by atomic mass is 79.9. The smallest absolute Gasteiger partial charge is 0.169 e. The van der Waals surface area contributed by atoms with E-state index in [1.165, 1.54) is 0 Å². The third-order valence-corrected chi connectivity index (χ3v) is 2.63. The highest BCUT2D eigenvalue weighted by Crippen LogP contribution is 2.27. The lowest BCUT2D eigenvalue weighted by molar-refractivity contribution is 0.480. The number of halogens is 2. The molecule has 0 spiro atoms. The number of rotatable bonds is 3. The SMILES string of the molecule is ClC(Cc1ncc[nH]1)c1ccc(Br)o1. The summed E-state index contributed by atoms with van der Waals surface area (Å²) in [5.41, 5.74) is 0. The molecule has 0 bridgehead atoms. The molecule has 2 heterocycles. The van der Waals surface area contributed by atoms with Crippen molar-refractivity contribution in [3.63, 3.8) is 0 Å². The first-order chi connectivity index (χ1) is 6.75. The van der Waals surface area contributed by atoms with Crippen LogP contribution in [0.25, 0.3) is 0 Å². The molecule has 1 atom stereocenters. The Morgan fingerprint density at radius 1 is 1.57 bits per heavy atom. The summed E-state index contributed by atoms with van der Waals surface area (Å²) in [7, 11) is 0. The number of H-pyrrole nitrogens is 1. The molecule has 14 heavy (non-hydrogen) atoms. The van der Waals surface area contributed by atoms with Crippen molar-refractivity contribution in [2.45, 2.75) is 11.8 Å². The summed E-state index contributed by atoms with van der Waals surface area (Å²) in [6.45, 7) is 0. The molecule has 0 amide bonds. The van der Waals surface area contributed by atoms with E-state index in [1.54, 1.807) is 12.4 Å². The number of furan rings is 1. The Bertz CT molecular complexity index is 399. The molecule has 0 saturated heterocycles. The van der Waals surface area contributed by atoms with Crippen LogP contribution in [0.15, 0.2) is 33.6 Å². The summed E-state index contributed by atoms with van der Waals surface area (Å²) in [5, 5.41) is -0.188. The first-order valence-corrected chi connectivity index (χ1v) is 5.36. The molecule has 0 aliphatic carbocycles. The maximum Gasteiger partial charge on any atom is 0.169 e. The average Bonchev–Trinajstić information content (AvgIpc) is 2.75. The van der Waals surface area contributed by atoms with Crippen molar-refractivity contribution in [3.8, 4) is 0 Å². The van der Waals surface area contributed by atoms with Gasteiger partial charge in [0.25, 0.3) is 0 Å². The molecular formula is C9H8BrClN2O. The summed E-state index contributed by atoms with van der Waals surface area (Å²) in [4.78, 5) is 7.09. The van der Waals surface area contributed by atoms with Crippen molar-refractivity contribution in [1.29, 1.82) is 0 Å². The second kappa shape index (κ2) is 4.19. The summed E-state index contributed by atoms with van der Waals surface area (Å²) in [6.07, 6.45) is 4.11. The van der Waals surface area contributed by atoms with Crippen LogP contribution in [0.4, 0.5) is 0 Å². The Hall–Kier alpha value is -0.740. The second-order valence-electron chi connectivity index (χ2n) is 2.85. The van der Waals surface area contributed by atoms with Crippen LogP contribution in [-0.4, -0.2) is 9.97 Å². The number of hydrogen-bond acceptors (Lipinski definition) is 2. The van der Waals surface area contributed by atoms with Crippen molar-refractivity contribution in [2.75, 3.05) is 0 Å². The van der Waals surface area contributed by atoms with Gasteiger partial charge in [0, 0.05) is 18.8 Å². The van der Waals surface area contributed by atoms with Crippen LogP contribution in [-0.2, 0) is 6.42 Å². The number of nitrogens with zero attached hydrogens (tertiary/aromatic N) is 1. The van der Waals surface area contributed by atoms with E-state index >= 15 is 0 Å². The summed E-state index contributed by atoms with van der Waals surface area (Å²) in [5.74, 6) is 1.60. The largest absolute Gasteiger partial charge is 0.453 e. The molecule has 74 valence electrons. The fourth-order valence-electron chi connectivity index (χ4n) is 1.18. The molecule has 0 aliphatic rings. The van der Waals surface area contributed by atoms with E-state index in [-0.39, 0.29) is 5.38 Å². The Kier molecular flexibility index (Phi) is 2.93. The van der Waals surface area contributed by atoms with Crippen molar-refractivity contribution in [2.24, 2.45) is 0 Å². The third-order valence-electron chi connectivity index (χ3n) is 1.83. The van der Waals surface area contributed by atoms with Gasteiger partial charge in [-0.15, -0.1) is 11.6 Å². The third kappa shape index (κ3) is 2.19. The minimum Gasteiger partial charge on any atom is -0.453 e. The molecule has 1 N–H and O–H groups in total. The number of nitrogens with one attached hydrogen (secondary N) is 1. The fourth-order valence-corrected chi connectivity index (χ4v) is 1.76. The van der Waals surface area contributed by atoms with Gasteiger partial charge in [-0.05, 0) is 28.1 Å².